The molecule has 1 N–H and O–H groups in total. The van der Waals surface area contributed by atoms with Crippen molar-refractivity contribution in [1.82, 2.24) is 19.6 Å². The van der Waals surface area contributed by atoms with Gasteiger partial charge in [0.25, 0.3) is 5.91 Å². The van der Waals surface area contributed by atoms with Crippen LogP contribution in [0.4, 0.5) is 18.9 Å². The standard InChI is InChI=1S/C19H19BrF3N5O/c1-4-27-17(15(20)9-24-27)18(29)25-16-11(2)26-28(12(16)3)10-13-6-5-7-14(8-13)19(21,22)23/h5-9H,4,10H2,1-3H3,(H,25,29). The van der Waals surface area contributed by atoms with E-state index >= 15 is 0 Å². The largest absolute Gasteiger partial charge is 0.416 e. The third-order valence-corrected chi connectivity index (χ3v) is 5.10. The first-order valence-electron chi connectivity index (χ1n) is 8.84. The summed E-state index contributed by atoms with van der Waals surface area (Å²) in [6, 6.07) is 5.12. The molecule has 2 aromatic heterocycles. The predicted octanol–water partition coefficient (Wildman–Crippen LogP) is 4.80. The van der Waals surface area contributed by atoms with E-state index < -0.39 is 11.7 Å². The fraction of sp³-hybridized carbons (Fsp3) is 0.316. The highest BCUT2D eigenvalue weighted by atomic mass is 79.9. The number of alkyl halides is 3. The molecule has 0 aliphatic rings. The van der Waals surface area contributed by atoms with Gasteiger partial charge < -0.3 is 5.32 Å². The summed E-state index contributed by atoms with van der Waals surface area (Å²) in [5.74, 6) is -0.346. The summed E-state index contributed by atoms with van der Waals surface area (Å²) >= 11 is 3.32. The molecular formula is C19H19BrF3N5O. The van der Waals surface area contributed by atoms with Crippen molar-refractivity contribution in [2.75, 3.05) is 5.32 Å². The molecule has 1 aromatic carbocycles. The minimum absolute atomic E-state index is 0.156. The number of carbonyl (C=O) groups excluding carboxylic acids is 1. The van der Waals surface area contributed by atoms with Crippen LogP contribution in [0.15, 0.2) is 34.9 Å². The van der Waals surface area contributed by atoms with Crippen molar-refractivity contribution in [3.8, 4) is 0 Å². The summed E-state index contributed by atoms with van der Waals surface area (Å²) in [6.07, 6.45) is -2.85. The second-order valence-corrected chi connectivity index (χ2v) is 7.37. The maximum absolute atomic E-state index is 12.9. The SMILES string of the molecule is CCn1ncc(Br)c1C(=O)Nc1c(C)nn(Cc2cccc(C(F)(F)F)c2)c1C. The van der Waals surface area contributed by atoms with Crippen LogP contribution in [0.3, 0.4) is 0 Å². The van der Waals surface area contributed by atoms with Crippen molar-refractivity contribution in [3.63, 3.8) is 0 Å². The molecule has 29 heavy (non-hydrogen) atoms. The lowest BCUT2D eigenvalue weighted by atomic mass is 10.1. The number of hydrogen-bond acceptors (Lipinski definition) is 3. The van der Waals surface area contributed by atoms with Crippen molar-refractivity contribution in [2.45, 2.75) is 40.0 Å². The lowest BCUT2D eigenvalue weighted by Crippen LogP contribution is -2.18. The van der Waals surface area contributed by atoms with Crippen LogP contribution in [0.25, 0.3) is 0 Å². The Morgan fingerprint density at radius 2 is 1.97 bits per heavy atom. The van der Waals surface area contributed by atoms with E-state index in [-0.39, 0.29) is 12.5 Å². The molecule has 0 atom stereocenters. The number of nitrogens with one attached hydrogen (secondary N) is 1. The number of hydrogen-bond donors (Lipinski definition) is 1. The van der Waals surface area contributed by atoms with Crippen LogP contribution in [0, 0.1) is 13.8 Å². The maximum Gasteiger partial charge on any atom is 0.416 e. The molecule has 0 unspecified atom stereocenters. The van der Waals surface area contributed by atoms with Crippen molar-refractivity contribution >= 4 is 27.5 Å². The van der Waals surface area contributed by atoms with Gasteiger partial charge in [0.1, 0.15) is 5.69 Å². The smallest absolute Gasteiger partial charge is 0.317 e. The first-order valence-corrected chi connectivity index (χ1v) is 9.64. The van der Waals surface area contributed by atoms with Crippen molar-refractivity contribution in [1.29, 1.82) is 0 Å². The summed E-state index contributed by atoms with van der Waals surface area (Å²) in [5, 5.41) is 11.4. The van der Waals surface area contributed by atoms with Gasteiger partial charge in [0.15, 0.2) is 0 Å². The van der Waals surface area contributed by atoms with E-state index in [1.807, 2.05) is 6.92 Å². The number of benzene rings is 1. The first-order chi connectivity index (χ1) is 13.6. The van der Waals surface area contributed by atoms with Gasteiger partial charge in [-0.05, 0) is 54.4 Å². The molecule has 0 saturated carbocycles. The highest BCUT2D eigenvalue weighted by molar-refractivity contribution is 9.10. The van der Waals surface area contributed by atoms with Gasteiger partial charge in [-0.3, -0.25) is 14.2 Å². The van der Waals surface area contributed by atoms with Crippen molar-refractivity contribution in [2.24, 2.45) is 0 Å². The van der Waals surface area contributed by atoms with Gasteiger partial charge in [-0.25, -0.2) is 0 Å². The van der Waals surface area contributed by atoms with Crippen LogP contribution in [0.1, 0.15) is 39.9 Å². The number of carbonyl (C=O) groups is 1. The van der Waals surface area contributed by atoms with E-state index in [1.165, 1.54) is 6.07 Å². The van der Waals surface area contributed by atoms with E-state index in [1.54, 1.807) is 35.5 Å². The molecule has 0 radical (unpaired) electrons. The van der Waals surface area contributed by atoms with Gasteiger partial charge in [0, 0.05) is 6.54 Å². The molecule has 0 aliphatic heterocycles. The van der Waals surface area contributed by atoms with E-state index in [0.29, 0.717) is 39.4 Å². The number of anilines is 1. The highest BCUT2D eigenvalue weighted by Crippen LogP contribution is 2.30. The zero-order valence-corrected chi connectivity index (χ0v) is 17.6. The van der Waals surface area contributed by atoms with Crippen LogP contribution in [0.2, 0.25) is 0 Å². The zero-order valence-electron chi connectivity index (χ0n) is 16.0. The third-order valence-electron chi connectivity index (χ3n) is 4.52. The second-order valence-electron chi connectivity index (χ2n) is 6.51. The predicted molar refractivity (Wildman–Crippen MR) is 106 cm³/mol. The van der Waals surface area contributed by atoms with Crippen LogP contribution < -0.4 is 5.32 Å². The highest BCUT2D eigenvalue weighted by Gasteiger charge is 2.30. The van der Waals surface area contributed by atoms with Gasteiger partial charge in [-0.15, -0.1) is 0 Å². The average molecular weight is 470 g/mol. The molecule has 0 spiro atoms. The summed E-state index contributed by atoms with van der Waals surface area (Å²) in [6.45, 7) is 6.05. The number of rotatable bonds is 5. The van der Waals surface area contributed by atoms with Crippen LogP contribution in [0.5, 0.6) is 0 Å². The summed E-state index contributed by atoms with van der Waals surface area (Å²) in [5.41, 5.74) is 1.89. The molecule has 3 rings (SSSR count). The minimum Gasteiger partial charge on any atom is -0.317 e. The van der Waals surface area contributed by atoms with E-state index in [9.17, 15) is 18.0 Å². The number of amides is 1. The van der Waals surface area contributed by atoms with Gasteiger partial charge >= 0.3 is 6.18 Å². The molecule has 0 saturated heterocycles. The number of aromatic nitrogens is 4. The second kappa shape index (κ2) is 8.02. The molecule has 0 bridgehead atoms. The Balaban J connectivity index is 1.86. The summed E-state index contributed by atoms with van der Waals surface area (Å²) in [7, 11) is 0. The van der Waals surface area contributed by atoms with Crippen LogP contribution >= 0.6 is 15.9 Å². The molecule has 1 amide bonds. The van der Waals surface area contributed by atoms with Gasteiger partial charge in [-0.2, -0.15) is 23.4 Å². The fourth-order valence-corrected chi connectivity index (χ4v) is 3.53. The van der Waals surface area contributed by atoms with Gasteiger partial charge in [-0.1, -0.05) is 12.1 Å². The lowest BCUT2D eigenvalue weighted by Gasteiger charge is -2.10. The number of aryl methyl sites for hydroxylation is 2. The summed E-state index contributed by atoms with van der Waals surface area (Å²) < 4.78 is 42.6. The summed E-state index contributed by atoms with van der Waals surface area (Å²) in [4.78, 5) is 12.7. The van der Waals surface area contributed by atoms with E-state index in [0.717, 1.165) is 12.1 Å². The molecule has 154 valence electrons. The maximum atomic E-state index is 12.9. The normalized spacial score (nSPS) is 11.7. The molecule has 0 fully saturated rings. The molecule has 3 aromatic rings. The Kier molecular flexibility index (Phi) is 5.83. The monoisotopic (exact) mass is 469 g/mol. The number of nitrogens with zero attached hydrogens (tertiary/aromatic N) is 4. The average Bonchev–Trinajstić information content (AvgIpc) is 3.16. The van der Waals surface area contributed by atoms with Crippen LogP contribution in [-0.2, 0) is 19.3 Å². The quantitative estimate of drug-likeness (QED) is 0.583. The third kappa shape index (κ3) is 4.36. The molecule has 0 aliphatic carbocycles. The molecule has 10 heteroatoms. The topological polar surface area (TPSA) is 64.7 Å². The number of halogens is 4. The Hall–Kier alpha value is -2.62. The van der Waals surface area contributed by atoms with Crippen molar-refractivity contribution < 1.29 is 18.0 Å². The Labute approximate surface area is 173 Å². The zero-order chi connectivity index (χ0) is 21.3. The van der Waals surface area contributed by atoms with Crippen molar-refractivity contribution in [3.05, 3.63) is 63.1 Å². The molecular weight excluding hydrogens is 451 g/mol. The Morgan fingerprint density at radius 3 is 2.62 bits per heavy atom. The van der Waals surface area contributed by atoms with Gasteiger partial charge in [0.05, 0.1) is 39.9 Å². The van der Waals surface area contributed by atoms with Gasteiger partial charge in [0.2, 0.25) is 0 Å². The Morgan fingerprint density at radius 1 is 1.24 bits per heavy atom. The van der Waals surface area contributed by atoms with E-state index in [2.05, 4.69) is 31.4 Å². The lowest BCUT2D eigenvalue weighted by molar-refractivity contribution is -0.137. The molecule has 6 nitrogen and oxygen atoms in total. The van der Waals surface area contributed by atoms with Crippen LogP contribution in [-0.4, -0.2) is 25.5 Å². The fourth-order valence-electron chi connectivity index (χ4n) is 3.05. The molecule has 2 heterocycles. The van der Waals surface area contributed by atoms with E-state index in [4.69, 9.17) is 0 Å². The Bertz CT molecular complexity index is 1050. The first kappa shape index (κ1) is 21.1. The minimum atomic E-state index is -4.40.